The normalized spacial score (nSPS) is 13.2. The quantitative estimate of drug-likeness (QED) is 0.0483. The van der Waals surface area contributed by atoms with Gasteiger partial charge in [0.15, 0.2) is 0 Å². The highest BCUT2D eigenvalue weighted by Crippen LogP contribution is 2.22. The van der Waals surface area contributed by atoms with E-state index in [1.807, 2.05) is 0 Å². The number of hydrogen-bond donors (Lipinski definition) is 8. The molecule has 0 spiro atoms. The van der Waals surface area contributed by atoms with Crippen LogP contribution in [0.3, 0.4) is 0 Å². The Morgan fingerprint density at radius 3 is 0.733 bits per heavy atom. The molecule has 4 heterocycles. The Kier molecular flexibility index (Phi) is 15.3. The van der Waals surface area contributed by atoms with Crippen molar-refractivity contribution in [3.8, 4) is 47.0 Å². The second-order valence-corrected chi connectivity index (χ2v) is 13.0. The van der Waals surface area contributed by atoms with Crippen LogP contribution in [0.5, 0.6) is 47.0 Å². The van der Waals surface area contributed by atoms with Crippen LogP contribution in [-0.4, -0.2) is 158 Å². The number of aromatic nitrogens is 4. The van der Waals surface area contributed by atoms with E-state index in [9.17, 15) is 60.0 Å². The van der Waals surface area contributed by atoms with Gasteiger partial charge in [0, 0.05) is 87.8 Å². The molecule has 0 aliphatic heterocycles. The highest BCUT2D eigenvalue weighted by atomic mass is 16.8. The molecule has 0 aliphatic carbocycles. The molecule has 26 nitrogen and oxygen atoms in total. The summed E-state index contributed by atoms with van der Waals surface area (Å²) in [5.74, 6) is -4.79. The third-order valence-corrected chi connectivity index (χ3v) is 7.84. The molecule has 0 aromatic carbocycles. The third-order valence-electron chi connectivity index (χ3n) is 7.84. The predicted octanol–water partition coefficient (Wildman–Crippen LogP) is 1.06. The van der Waals surface area contributed by atoms with Gasteiger partial charge in [0.2, 0.25) is 47.0 Å². The zero-order chi connectivity index (χ0) is 44.3. The maximum Gasteiger partial charge on any atom is 0.534 e. The van der Waals surface area contributed by atoms with Gasteiger partial charge >= 0.3 is 24.6 Å². The number of carbonyl (C=O) groups is 4. The average molecular weight is 857 g/mol. The van der Waals surface area contributed by atoms with Crippen molar-refractivity contribution in [3.05, 3.63) is 48.5 Å². The average Bonchev–Trinajstić information content (AvgIpc) is 3.86. The lowest BCUT2D eigenvalue weighted by molar-refractivity contribution is -0.0204. The van der Waals surface area contributed by atoms with Crippen molar-refractivity contribution < 1.29 is 98.3 Å². The monoisotopic (exact) mass is 856 g/mol. The second kappa shape index (κ2) is 20.3. The molecule has 8 N–H and O–H groups in total. The predicted molar refractivity (Wildman–Crippen MR) is 194 cm³/mol. The van der Waals surface area contributed by atoms with E-state index in [2.05, 4.69) is 0 Å². The van der Waals surface area contributed by atoms with Crippen molar-refractivity contribution in [2.24, 2.45) is 0 Å². The van der Waals surface area contributed by atoms with Gasteiger partial charge in [-0.1, -0.05) is 0 Å². The molecule has 0 radical (unpaired) electrons. The Labute approximate surface area is 338 Å². The summed E-state index contributed by atoms with van der Waals surface area (Å²) in [6.45, 7) is 5.66. The first-order chi connectivity index (χ1) is 28.3. The Bertz CT molecular complexity index is 1710. The molecule has 4 aromatic rings. The van der Waals surface area contributed by atoms with Gasteiger partial charge in [-0.25, -0.2) is 19.2 Å². The molecule has 26 heteroatoms. The molecule has 0 saturated carbocycles. The van der Waals surface area contributed by atoms with E-state index in [-0.39, 0.29) is 39.3 Å². The minimum atomic E-state index is -1.32. The van der Waals surface area contributed by atoms with Gasteiger partial charge in [-0.3, -0.25) is 29.2 Å². The number of nitrogens with zero attached hydrogens (tertiary/aromatic N) is 6. The van der Waals surface area contributed by atoms with Crippen LogP contribution < -0.4 is 19.4 Å². The van der Waals surface area contributed by atoms with Gasteiger partial charge < -0.3 is 59.8 Å². The molecule has 0 saturated heterocycles. The number of hydrogen-bond acceptors (Lipinski definition) is 22. The Morgan fingerprint density at radius 2 is 0.567 bits per heavy atom. The molecular weight excluding hydrogens is 812 g/mol. The van der Waals surface area contributed by atoms with Crippen LogP contribution in [0.25, 0.3) is 0 Å². The van der Waals surface area contributed by atoms with Crippen LogP contribution in [0.1, 0.15) is 27.7 Å². The summed E-state index contributed by atoms with van der Waals surface area (Å²) in [5, 5.41) is 78.5. The lowest BCUT2D eigenvalue weighted by atomic mass is 10.2. The molecule has 0 bridgehead atoms. The molecule has 330 valence electrons. The fourth-order valence-corrected chi connectivity index (χ4v) is 5.42. The SMILES string of the molecule is CC(CN(CCN(CC(C)OC(=O)On1c(O)ccc1O)CC(C)OC(=O)On1c(O)ccc1O)CC(C)OC(=O)On1c(O)ccc1O)OC(=O)On1c(O)ccc1O. The summed E-state index contributed by atoms with van der Waals surface area (Å²) in [4.78, 5) is 72.8. The largest absolute Gasteiger partial charge is 0.534 e. The summed E-state index contributed by atoms with van der Waals surface area (Å²) >= 11 is 0. The minimum Gasteiger partial charge on any atom is -0.492 e. The smallest absolute Gasteiger partial charge is 0.492 e. The van der Waals surface area contributed by atoms with Crippen LogP contribution in [0.4, 0.5) is 19.2 Å². The Balaban J connectivity index is 1.47. The first-order valence-electron chi connectivity index (χ1n) is 17.7. The number of aromatic hydroxyl groups is 8. The fraction of sp³-hybridized carbons (Fsp3) is 0.412. The summed E-state index contributed by atoms with van der Waals surface area (Å²) < 4.78 is 22.9. The highest BCUT2D eigenvalue weighted by Gasteiger charge is 2.26. The minimum absolute atomic E-state index is 0.0500. The molecule has 4 rings (SSSR count). The highest BCUT2D eigenvalue weighted by molar-refractivity contribution is 5.62. The Morgan fingerprint density at radius 1 is 0.400 bits per heavy atom. The molecule has 0 amide bonds. The summed E-state index contributed by atoms with van der Waals surface area (Å²) in [5.41, 5.74) is 0. The topological polar surface area (TPSA) is 330 Å². The summed E-state index contributed by atoms with van der Waals surface area (Å²) in [7, 11) is 0. The molecule has 4 aromatic heterocycles. The third kappa shape index (κ3) is 13.0. The van der Waals surface area contributed by atoms with Gasteiger partial charge in [0.25, 0.3) is 0 Å². The molecule has 0 fully saturated rings. The van der Waals surface area contributed by atoms with E-state index >= 15 is 0 Å². The molecule has 4 atom stereocenters. The maximum atomic E-state index is 12.5. The van der Waals surface area contributed by atoms with Gasteiger partial charge in [-0.15, -0.1) is 18.9 Å². The van der Waals surface area contributed by atoms with Crippen molar-refractivity contribution in [1.82, 2.24) is 28.7 Å². The standard InChI is InChI=1S/C34H44N6O20/c1-19(53-31(49)57-37-23(41)5-6-24(37)42)15-35(16-20(2)54-32(50)58-38-25(43)7-8-26(38)44)13-14-36(17-21(3)55-33(51)59-39-27(45)9-10-28(39)46)18-22(4)56-34(52)60-40-29(47)11-12-30(40)48/h5-12,19-22,41-48H,13-18H2,1-4H3. The van der Waals surface area contributed by atoms with E-state index in [1.54, 1.807) is 9.80 Å². The van der Waals surface area contributed by atoms with Crippen molar-refractivity contribution >= 4 is 24.6 Å². The van der Waals surface area contributed by atoms with Crippen LogP contribution in [-0.2, 0) is 18.9 Å². The van der Waals surface area contributed by atoms with Crippen molar-refractivity contribution in [2.45, 2.75) is 52.1 Å². The van der Waals surface area contributed by atoms with E-state index in [0.29, 0.717) is 18.9 Å². The van der Waals surface area contributed by atoms with E-state index in [1.165, 1.54) is 27.7 Å². The number of carbonyl (C=O) groups excluding carboxylic acids is 4. The number of ether oxygens (including phenoxy) is 4. The van der Waals surface area contributed by atoms with Crippen molar-refractivity contribution in [2.75, 3.05) is 39.3 Å². The first kappa shape index (κ1) is 45.2. The first-order valence-corrected chi connectivity index (χ1v) is 17.7. The van der Waals surface area contributed by atoms with Gasteiger partial charge in [0.1, 0.15) is 24.4 Å². The number of rotatable bonds is 19. The zero-order valence-electron chi connectivity index (χ0n) is 32.3. The zero-order valence-corrected chi connectivity index (χ0v) is 32.3. The van der Waals surface area contributed by atoms with Crippen LogP contribution in [0.15, 0.2) is 48.5 Å². The summed E-state index contributed by atoms with van der Waals surface area (Å²) in [6.07, 6.45) is -9.17. The lowest BCUT2D eigenvalue weighted by Crippen LogP contribution is -2.47. The summed E-state index contributed by atoms with van der Waals surface area (Å²) in [6, 6.07) is 8.48. The van der Waals surface area contributed by atoms with Gasteiger partial charge in [0.05, 0.1) is 0 Å². The van der Waals surface area contributed by atoms with Gasteiger partial charge in [-0.2, -0.15) is 0 Å². The van der Waals surface area contributed by atoms with Crippen molar-refractivity contribution in [3.63, 3.8) is 0 Å². The van der Waals surface area contributed by atoms with E-state index in [4.69, 9.17) is 38.3 Å². The van der Waals surface area contributed by atoms with Crippen LogP contribution in [0.2, 0.25) is 0 Å². The molecule has 60 heavy (non-hydrogen) atoms. The van der Waals surface area contributed by atoms with Crippen molar-refractivity contribution in [1.29, 1.82) is 0 Å². The van der Waals surface area contributed by atoms with E-state index in [0.717, 1.165) is 48.5 Å². The second-order valence-electron chi connectivity index (χ2n) is 13.0. The Hall–Kier alpha value is -7.48. The van der Waals surface area contributed by atoms with Crippen LogP contribution in [0, 0.1) is 0 Å². The van der Waals surface area contributed by atoms with Gasteiger partial charge in [-0.05, 0) is 27.7 Å². The maximum absolute atomic E-state index is 12.5. The molecule has 4 unspecified atom stereocenters. The van der Waals surface area contributed by atoms with Crippen LogP contribution >= 0.6 is 0 Å². The fourth-order valence-electron chi connectivity index (χ4n) is 5.42. The van der Waals surface area contributed by atoms with E-state index < -0.39 is 96.1 Å². The lowest BCUT2D eigenvalue weighted by Gasteiger charge is -2.32. The molecular formula is C34H44N6O20. The molecule has 0 aliphatic rings.